The summed E-state index contributed by atoms with van der Waals surface area (Å²) in [6.45, 7) is 9.06. The van der Waals surface area contributed by atoms with Crippen molar-refractivity contribution in [2.24, 2.45) is 5.41 Å². The van der Waals surface area contributed by atoms with Gasteiger partial charge in [-0.15, -0.1) is 0 Å². The number of hydrogen-bond acceptors (Lipinski definition) is 2. The van der Waals surface area contributed by atoms with E-state index in [1.54, 1.807) is 0 Å². The summed E-state index contributed by atoms with van der Waals surface area (Å²) in [6, 6.07) is 0.149. The maximum atomic E-state index is 11.4. The topological polar surface area (TPSA) is 53.2 Å². The quantitative estimate of drug-likeness (QED) is 0.657. The molecule has 1 fully saturated rings. The molecular formula is C11H23N3O. The molecule has 88 valence electrons. The maximum absolute atomic E-state index is 11.4. The normalized spacial score (nSPS) is 20.0. The SMILES string of the molecule is CC(C)NC(=O)NCC1(C)CCNCC1. The minimum Gasteiger partial charge on any atom is -0.338 e. The Hall–Kier alpha value is -0.770. The van der Waals surface area contributed by atoms with Crippen LogP contribution in [0.15, 0.2) is 0 Å². The Morgan fingerprint density at radius 3 is 2.53 bits per heavy atom. The van der Waals surface area contributed by atoms with Crippen LogP contribution in [0.5, 0.6) is 0 Å². The first-order chi connectivity index (χ1) is 7.02. The lowest BCUT2D eigenvalue weighted by molar-refractivity contribution is 0.206. The minimum atomic E-state index is -0.0512. The van der Waals surface area contributed by atoms with Gasteiger partial charge in [-0.1, -0.05) is 6.92 Å². The molecule has 15 heavy (non-hydrogen) atoms. The van der Waals surface area contributed by atoms with Crippen LogP contribution in [0.3, 0.4) is 0 Å². The van der Waals surface area contributed by atoms with Crippen molar-refractivity contribution in [2.45, 2.75) is 39.7 Å². The highest BCUT2D eigenvalue weighted by atomic mass is 16.2. The lowest BCUT2D eigenvalue weighted by atomic mass is 9.81. The van der Waals surface area contributed by atoms with Crippen molar-refractivity contribution in [3.05, 3.63) is 0 Å². The standard InChI is InChI=1S/C11H23N3O/c1-9(2)14-10(15)13-8-11(3)4-6-12-7-5-11/h9,12H,4-8H2,1-3H3,(H2,13,14,15). The van der Waals surface area contributed by atoms with Crippen LogP contribution in [-0.2, 0) is 0 Å². The van der Waals surface area contributed by atoms with Crippen LogP contribution >= 0.6 is 0 Å². The Morgan fingerprint density at radius 1 is 1.40 bits per heavy atom. The first-order valence-electron chi connectivity index (χ1n) is 5.77. The van der Waals surface area contributed by atoms with Gasteiger partial charge in [0.2, 0.25) is 0 Å². The zero-order valence-corrected chi connectivity index (χ0v) is 10.0. The van der Waals surface area contributed by atoms with Gasteiger partial charge in [0, 0.05) is 12.6 Å². The molecule has 0 aromatic rings. The summed E-state index contributed by atoms with van der Waals surface area (Å²) >= 11 is 0. The highest BCUT2D eigenvalue weighted by Crippen LogP contribution is 2.26. The summed E-state index contributed by atoms with van der Waals surface area (Å²) in [6.07, 6.45) is 2.27. The van der Waals surface area contributed by atoms with Crippen LogP contribution in [0.25, 0.3) is 0 Å². The van der Waals surface area contributed by atoms with Crippen molar-refractivity contribution in [3.8, 4) is 0 Å². The molecule has 0 aromatic heterocycles. The molecule has 1 saturated heterocycles. The average molecular weight is 213 g/mol. The molecule has 3 N–H and O–H groups in total. The van der Waals surface area contributed by atoms with Crippen molar-refractivity contribution in [1.82, 2.24) is 16.0 Å². The summed E-state index contributed by atoms with van der Waals surface area (Å²) < 4.78 is 0. The summed E-state index contributed by atoms with van der Waals surface area (Å²) in [5.41, 5.74) is 0.263. The average Bonchev–Trinajstić information content (AvgIpc) is 2.15. The number of carbonyl (C=O) groups is 1. The number of nitrogens with one attached hydrogen (secondary N) is 3. The van der Waals surface area contributed by atoms with E-state index in [1.165, 1.54) is 0 Å². The van der Waals surface area contributed by atoms with E-state index < -0.39 is 0 Å². The highest BCUT2D eigenvalue weighted by molar-refractivity contribution is 5.74. The van der Waals surface area contributed by atoms with Crippen LogP contribution in [0.4, 0.5) is 4.79 Å². The minimum absolute atomic E-state index is 0.0512. The molecule has 0 radical (unpaired) electrons. The Labute approximate surface area is 92.2 Å². The number of amides is 2. The summed E-state index contributed by atoms with van der Waals surface area (Å²) in [5.74, 6) is 0. The number of carbonyl (C=O) groups excluding carboxylic acids is 1. The lowest BCUT2D eigenvalue weighted by Gasteiger charge is -2.34. The third-order valence-corrected chi connectivity index (χ3v) is 2.91. The fourth-order valence-electron chi connectivity index (χ4n) is 1.81. The maximum Gasteiger partial charge on any atom is 0.315 e. The molecule has 0 unspecified atom stereocenters. The smallest absolute Gasteiger partial charge is 0.315 e. The van der Waals surface area contributed by atoms with E-state index in [-0.39, 0.29) is 17.5 Å². The predicted octanol–water partition coefficient (Wildman–Crippen LogP) is 1.08. The Kier molecular flexibility index (Phi) is 4.39. The van der Waals surface area contributed by atoms with Crippen molar-refractivity contribution >= 4 is 6.03 Å². The molecule has 1 aliphatic heterocycles. The molecule has 2 amide bonds. The van der Waals surface area contributed by atoms with Gasteiger partial charge < -0.3 is 16.0 Å². The second-order valence-corrected chi connectivity index (χ2v) is 5.04. The molecule has 1 heterocycles. The summed E-state index contributed by atoms with van der Waals surface area (Å²) in [4.78, 5) is 11.4. The van der Waals surface area contributed by atoms with Gasteiger partial charge in [0.05, 0.1) is 0 Å². The zero-order valence-electron chi connectivity index (χ0n) is 10.0. The molecule has 0 bridgehead atoms. The van der Waals surface area contributed by atoms with Gasteiger partial charge in [0.15, 0.2) is 0 Å². The molecule has 4 heteroatoms. The monoisotopic (exact) mass is 213 g/mol. The summed E-state index contributed by atoms with van der Waals surface area (Å²) in [7, 11) is 0. The summed E-state index contributed by atoms with van der Waals surface area (Å²) in [5, 5.41) is 9.11. The van der Waals surface area contributed by atoms with Gasteiger partial charge in [-0.2, -0.15) is 0 Å². The Morgan fingerprint density at radius 2 is 2.00 bits per heavy atom. The largest absolute Gasteiger partial charge is 0.338 e. The van der Waals surface area contributed by atoms with E-state index in [0.717, 1.165) is 32.5 Å². The van der Waals surface area contributed by atoms with Crippen LogP contribution in [0.1, 0.15) is 33.6 Å². The van der Waals surface area contributed by atoms with Crippen LogP contribution in [-0.4, -0.2) is 31.7 Å². The Bertz CT molecular complexity index is 210. The van der Waals surface area contributed by atoms with Crippen LogP contribution < -0.4 is 16.0 Å². The van der Waals surface area contributed by atoms with E-state index >= 15 is 0 Å². The van der Waals surface area contributed by atoms with Gasteiger partial charge in [0.25, 0.3) is 0 Å². The van der Waals surface area contributed by atoms with E-state index in [9.17, 15) is 4.79 Å². The van der Waals surface area contributed by atoms with Crippen molar-refractivity contribution in [2.75, 3.05) is 19.6 Å². The number of hydrogen-bond donors (Lipinski definition) is 3. The van der Waals surface area contributed by atoms with Gasteiger partial charge >= 0.3 is 6.03 Å². The molecule has 0 atom stereocenters. The fourth-order valence-corrected chi connectivity index (χ4v) is 1.81. The van der Waals surface area contributed by atoms with Gasteiger partial charge in [-0.05, 0) is 45.2 Å². The first kappa shape index (κ1) is 12.3. The van der Waals surface area contributed by atoms with Crippen molar-refractivity contribution in [3.63, 3.8) is 0 Å². The zero-order chi connectivity index (χ0) is 11.3. The predicted molar refractivity (Wildman–Crippen MR) is 61.9 cm³/mol. The van der Waals surface area contributed by atoms with E-state index in [0.29, 0.717) is 0 Å². The van der Waals surface area contributed by atoms with Crippen LogP contribution in [0, 0.1) is 5.41 Å². The number of urea groups is 1. The number of rotatable bonds is 3. The van der Waals surface area contributed by atoms with Gasteiger partial charge in [0.1, 0.15) is 0 Å². The second kappa shape index (κ2) is 5.35. The van der Waals surface area contributed by atoms with Gasteiger partial charge in [-0.25, -0.2) is 4.79 Å². The second-order valence-electron chi connectivity index (χ2n) is 5.04. The highest BCUT2D eigenvalue weighted by Gasteiger charge is 2.26. The molecule has 1 rings (SSSR count). The molecule has 0 spiro atoms. The molecule has 1 aliphatic rings. The molecule has 0 saturated carbocycles. The van der Waals surface area contributed by atoms with E-state index in [1.807, 2.05) is 13.8 Å². The molecule has 0 aromatic carbocycles. The molecular weight excluding hydrogens is 190 g/mol. The molecule has 4 nitrogen and oxygen atoms in total. The van der Waals surface area contributed by atoms with Crippen molar-refractivity contribution in [1.29, 1.82) is 0 Å². The van der Waals surface area contributed by atoms with E-state index in [2.05, 4.69) is 22.9 Å². The Balaban J connectivity index is 2.25. The van der Waals surface area contributed by atoms with Gasteiger partial charge in [-0.3, -0.25) is 0 Å². The van der Waals surface area contributed by atoms with Crippen LogP contribution in [0.2, 0.25) is 0 Å². The molecule has 0 aliphatic carbocycles. The van der Waals surface area contributed by atoms with Crippen molar-refractivity contribution < 1.29 is 4.79 Å². The fraction of sp³-hybridized carbons (Fsp3) is 0.909. The third kappa shape index (κ3) is 4.51. The first-order valence-corrected chi connectivity index (χ1v) is 5.77. The third-order valence-electron chi connectivity index (χ3n) is 2.91. The lowest BCUT2D eigenvalue weighted by Crippen LogP contribution is -2.47. The van der Waals surface area contributed by atoms with E-state index in [4.69, 9.17) is 0 Å². The number of piperidine rings is 1.